The first-order valence-electron chi connectivity index (χ1n) is 9.40. The van der Waals surface area contributed by atoms with Gasteiger partial charge in [0.2, 0.25) is 3.79 Å². The fraction of sp³-hybridized carbons (Fsp3) is 0.368. The average molecular weight is 472 g/mol. The minimum absolute atomic E-state index is 0.226. The maximum absolute atomic E-state index is 13.2. The van der Waals surface area contributed by atoms with Crippen molar-refractivity contribution in [1.29, 1.82) is 0 Å². The van der Waals surface area contributed by atoms with Crippen LogP contribution in [0.5, 0.6) is 0 Å². The van der Waals surface area contributed by atoms with Crippen LogP contribution in [0.4, 0.5) is 10.2 Å². The molecule has 1 aliphatic rings. The third kappa shape index (κ3) is 4.31. The lowest BCUT2D eigenvalue weighted by Crippen LogP contribution is -2.40. The number of amides is 1. The molecule has 0 radical (unpaired) electrons. The number of rotatable bonds is 4. The van der Waals surface area contributed by atoms with E-state index in [0.717, 1.165) is 25.9 Å². The first kappa shape index (κ1) is 21.1. The second-order valence-electron chi connectivity index (χ2n) is 6.99. The Morgan fingerprint density at radius 1 is 1.07 bits per heavy atom. The average Bonchev–Trinajstić information content (AvgIpc) is 3.16. The van der Waals surface area contributed by atoms with Crippen LogP contribution in [0.15, 0.2) is 36.9 Å². The predicted octanol–water partition coefficient (Wildman–Crippen LogP) is 4.25. The third-order valence-electron chi connectivity index (χ3n) is 4.96. The van der Waals surface area contributed by atoms with E-state index >= 15 is 0 Å². The first-order valence-corrected chi connectivity index (χ1v) is 10.5. The van der Waals surface area contributed by atoms with E-state index in [1.807, 2.05) is 0 Å². The Bertz CT molecular complexity index is 1050. The predicted molar refractivity (Wildman–Crippen MR) is 115 cm³/mol. The number of benzene rings is 1. The molecule has 3 aromatic rings. The van der Waals surface area contributed by atoms with Crippen molar-refractivity contribution >= 4 is 57.7 Å². The van der Waals surface area contributed by atoms with Crippen LogP contribution in [0.1, 0.15) is 35.8 Å². The SMILES string of the molecule is O=C(NC(n1cnc2c(N3CCCCC3)ncnc21)C(Cl)(Cl)Cl)c1ccc(F)cc1. The molecule has 2 aromatic heterocycles. The summed E-state index contributed by atoms with van der Waals surface area (Å²) in [4.78, 5) is 28.0. The standard InChI is InChI=1S/C19H18Cl3FN6O/c20-19(21,22)18(27-17(30)12-4-6-13(23)7-5-12)29-11-26-14-15(24-10-25-16(14)29)28-8-2-1-3-9-28/h4-7,10-11,18H,1-3,8-9H2,(H,27,30). The van der Waals surface area contributed by atoms with Gasteiger partial charge in [-0.25, -0.2) is 19.3 Å². The maximum Gasteiger partial charge on any atom is 0.253 e. The monoisotopic (exact) mass is 470 g/mol. The largest absolute Gasteiger partial charge is 0.355 e. The number of carbonyl (C=O) groups excluding carboxylic acids is 1. The van der Waals surface area contributed by atoms with E-state index in [1.54, 1.807) is 0 Å². The Hall–Kier alpha value is -2.16. The van der Waals surface area contributed by atoms with Gasteiger partial charge < -0.3 is 10.2 Å². The summed E-state index contributed by atoms with van der Waals surface area (Å²) in [6.45, 7) is 1.77. The molecular formula is C19H18Cl3FN6O. The topological polar surface area (TPSA) is 75.9 Å². The van der Waals surface area contributed by atoms with Crippen molar-refractivity contribution in [3.63, 3.8) is 0 Å². The van der Waals surface area contributed by atoms with Gasteiger partial charge in [-0.05, 0) is 43.5 Å². The molecule has 1 saturated heterocycles. The van der Waals surface area contributed by atoms with Gasteiger partial charge in [0.25, 0.3) is 5.91 Å². The molecule has 0 bridgehead atoms. The summed E-state index contributed by atoms with van der Waals surface area (Å²) in [5.74, 6) is -0.267. The number of nitrogens with zero attached hydrogens (tertiary/aromatic N) is 5. The van der Waals surface area contributed by atoms with E-state index in [9.17, 15) is 9.18 Å². The van der Waals surface area contributed by atoms with Crippen molar-refractivity contribution in [3.8, 4) is 0 Å². The van der Waals surface area contributed by atoms with Gasteiger partial charge in [-0.15, -0.1) is 0 Å². The molecule has 11 heteroatoms. The zero-order valence-corrected chi connectivity index (χ0v) is 18.0. The fourth-order valence-electron chi connectivity index (χ4n) is 3.48. The second-order valence-corrected chi connectivity index (χ2v) is 9.36. The summed E-state index contributed by atoms with van der Waals surface area (Å²) in [7, 11) is 0. The zero-order valence-electron chi connectivity index (χ0n) is 15.7. The molecule has 7 nitrogen and oxygen atoms in total. The number of nitrogens with one attached hydrogen (secondary N) is 1. The fourth-order valence-corrected chi connectivity index (χ4v) is 3.96. The van der Waals surface area contributed by atoms with Crippen molar-refractivity contribution in [2.24, 2.45) is 0 Å². The highest BCUT2D eigenvalue weighted by atomic mass is 35.6. The van der Waals surface area contributed by atoms with E-state index in [4.69, 9.17) is 34.8 Å². The quantitative estimate of drug-likeness (QED) is 0.576. The lowest BCUT2D eigenvalue weighted by molar-refractivity contribution is 0.0921. The lowest BCUT2D eigenvalue weighted by atomic mass is 10.1. The summed E-state index contributed by atoms with van der Waals surface area (Å²) in [6, 6.07) is 5.07. The Morgan fingerprint density at radius 2 is 1.77 bits per heavy atom. The molecule has 1 amide bonds. The first-order chi connectivity index (χ1) is 14.3. The number of hydrogen-bond donors (Lipinski definition) is 1. The lowest BCUT2D eigenvalue weighted by Gasteiger charge is -2.28. The van der Waals surface area contributed by atoms with Crippen LogP contribution in [0, 0.1) is 5.82 Å². The maximum atomic E-state index is 13.2. The normalized spacial score (nSPS) is 15.9. The van der Waals surface area contributed by atoms with Crippen LogP contribution >= 0.6 is 34.8 Å². The van der Waals surface area contributed by atoms with Crippen LogP contribution in [-0.2, 0) is 0 Å². The van der Waals surface area contributed by atoms with E-state index in [2.05, 4.69) is 25.2 Å². The molecule has 1 fully saturated rings. The molecule has 0 spiro atoms. The van der Waals surface area contributed by atoms with Gasteiger partial charge in [0, 0.05) is 18.7 Å². The Balaban J connectivity index is 1.69. The summed E-state index contributed by atoms with van der Waals surface area (Å²) >= 11 is 18.6. The van der Waals surface area contributed by atoms with Crippen LogP contribution in [0.2, 0.25) is 0 Å². The molecule has 1 N–H and O–H groups in total. The summed E-state index contributed by atoms with van der Waals surface area (Å²) in [5, 5.41) is 2.68. The Kier molecular flexibility index (Phi) is 5.99. The smallest absolute Gasteiger partial charge is 0.253 e. The molecule has 0 saturated carbocycles. The number of alkyl halides is 3. The van der Waals surface area contributed by atoms with E-state index in [1.165, 1.54) is 47.9 Å². The molecule has 1 atom stereocenters. The molecule has 30 heavy (non-hydrogen) atoms. The highest BCUT2D eigenvalue weighted by molar-refractivity contribution is 6.68. The highest BCUT2D eigenvalue weighted by Gasteiger charge is 2.37. The van der Waals surface area contributed by atoms with Gasteiger partial charge in [0.05, 0.1) is 6.33 Å². The van der Waals surface area contributed by atoms with Gasteiger partial charge in [-0.2, -0.15) is 0 Å². The zero-order chi connectivity index (χ0) is 21.3. The second kappa shape index (κ2) is 8.53. The van der Waals surface area contributed by atoms with Gasteiger partial charge in [0.1, 0.15) is 12.1 Å². The van der Waals surface area contributed by atoms with Crippen molar-refractivity contribution < 1.29 is 9.18 Å². The van der Waals surface area contributed by atoms with Crippen molar-refractivity contribution in [2.75, 3.05) is 18.0 Å². The number of hydrogen-bond acceptors (Lipinski definition) is 5. The van der Waals surface area contributed by atoms with Gasteiger partial charge in [-0.1, -0.05) is 34.8 Å². The van der Waals surface area contributed by atoms with Crippen LogP contribution < -0.4 is 10.2 Å². The molecule has 1 unspecified atom stereocenters. The molecule has 3 heterocycles. The number of carbonyl (C=O) groups is 1. The minimum atomic E-state index is -1.90. The third-order valence-corrected chi connectivity index (χ3v) is 5.58. The minimum Gasteiger partial charge on any atom is -0.355 e. The number of fused-ring (bicyclic) bond motifs is 1. The number of halogens is 4. The Morgan fingerprint density at radius 3 is 2.43 bits per heavy atom. The van der Waals surface area contributed by atoms with Crippen LogP contribution in [0.25, 0.3) is 11.2 Å². The number of anilines is 1. The highest BCUT2D eigenvalue weighted by Crippen LogP contribution is 2.38. The summed E-state index contributed by atoms with van der Waals surface area (Å²) in [5.41, 5.74) is 1.22. The van der Waals surface area contributed by atoms with Gasteiger partial charge >= 0.3 is 0 Å². The van der Waals surface area contributed by atoms with Crippen LogP contribution in [-0.4, -0.2) is 42.3 Å². The van der Waals surface area contributed by atoms with E-state index < -0.39 is 21.7 Å². The van der Waals surface area contributed by atoms with Crippen molar-refractivity contribution in [1.82, 2.24) is 24.8 Å². The summed E-state index contributed by atoms with van der Waals surface area (Å²) in [6.07, 6.45) is 5.14. The molecular weight excluding hydrogens is 454 g/mol. The van der Waals surface area contributed by atoms with Gasteiger partial charge in [0.15, 0.2) is 23.1 Å². The van der Waals surface area contributed by atoms with Crippen molar-refractivity contribution in [2.45, 2.75) is 29.2 Å². The van der Waals surface area contributed by atoms with Crippen molar-refractivity contribution in [3.05, 3.63) is 48.3 Å². The number of imidazole rings is 1. The molecule has 1 aromatic carbocycles. The molecule has 4 rings (SSSR count). The van der Waals surface area contributed by atoms with Crippen LogP contribution in [0.3, 0.4) is 0 Å². The molecule has 158 valence electrons. The van der Waals surface area contributed by atoms with E-state index in [-0.39, 0.29) is 5.56 Å². The number of piperidine rings is 1. The number of aromatic nitrogens is 4. The summed E-state index contributed by atoms with van der Waals surface area (Å²) < 4.78 is 12.8. The van der Waals surface area contributed by atoms with E-state index in [0.29, 0.717) is 17.0 Å². The molecule has 1 aliphatic heterocycles. The Labute approximate surface area is 187 Å². The molecule has 0 aliphatic carbocycles. The van der Waals surface area contributed by atoms with Gasteiger partial charge in [-0.3, -0.25) is 9.36 Å².